The highest BCUT2D eigenvalue weighted by atomic mass is 19.1. The molecule has 5 rings (SSSR count). The molecular formula is C22H23FN4O. The molecule has 2 aromatic heterocycles. The zero-order valence-electron chi connectivity index (χ0n) is 15.9. The SMILES string of the molecule is CN1CCN(C(=O)c2nc(C3CC3)n3ccccc23)CC1c1ccccc1F. The maximum atomic E-state index is 14.4. The van der Waals surface area contributed by atoms with Gasteiger partial charge >= 0.3 is 0 Å². The molecule has 3 heterocycles. The fraction of sp³-hybridized carbons (Fsp3) is 0.364. The molecule has 144 valence electrons. The Morgan fingerprint density at radius 2 is 1.89 bits per heavy atom. The van der Waals surface area contributed by atoms with Gasteiger partial charge in [0.05, 0.1) is 11.6 Å². The minimum atomic E-state index is -0.225. The van der Waals surface area contributed by atoms with Crippen LogP contribution in [0.3, 0.4) is 0 Å². The number of rotatable bonds is 3. The molecule has 5 nitrogen and oxygen atoms in total. The maximum Gasteiger partial charge on any atom is 0.274 e. The van der Waals surface area contributed by atoms with Crippen LogP contribution in [0.15, 0.2) is 48.7 Å². The van der Waals surface area contributed by atoms with Crippen molar-refractivity contribution in [2.45, 2.75) is 24.8 Å². The van der Waals surface area contributed by atoms with Crippen LogP contribution in [0.2, 0.25) is 0 Å². The molecule has 1 saturated carbocycles. The molecule has 1 atom stereocenters. The van der Waals surface area contributed by atoms with Crippen molar-refractivity contribution in [1.29, 1.82) is 0 Å². The number of aromatic nitrogens is 2. The summed E-state index contributed by atoms with van der Waals surface area (Å²) < 4.78 is 16.4. The van der Waals surface area contributed by atoms with Crippen LogP contribution in [-0.2, 0) is 0 Å². The average molecular weight is 378 g/mol. The van der Waals surface area contributed by atoms with Crippen molar-refractivity contribution in [3.63, 3.8) is 0 Å². The molecule has 2 fully saturated rings. The van der Waals surface area contributed by atoms with Crippen molar-refractivity contribution in [3.8, 4) is 0 Å². The molecule has 1 amide bonds. The average Bonchev–Trinajstić information content (AvgIpc) is 3.49. The van der Waals surface area contributed by atoms with Gasteiger partial charge < -0.3 is 9.30 Å². The van der Waals surface area contributed by atoms with E-state index in [0.717, 1.165) is 24.2 Å². The summed E-state index contributed by atoms with van der Waals surface area (Å²) in [5.41, 5.74) is 2.01. The van der Waals surface area contributed by atoms with Crippen LogP contribution in [0.4, 0.5) is 4.39 Å². The van der Waals surface area contributed by atoms with Gasteiger partial charge in [-0.05, 0) is 38.1 Å². The first-order valence-electron chi connectivity index (χ1n) is 9.84. The number of halogens is 1. The molecule has 1 saturated heterocycles. The molecule has 1 aliphatic carbocycles. The molecule has 0 radical (unpaired) electrons. The van der Waals surface area contributed by atoms with E-state index < -0.39 is 0 Å². The molecule has 1 aliphatic heterocycles. The first kappa shape index (κ1) is 17.4. The fourth-order valence-corrected chi connectivity index (χ4v) is 4.14. The van der Waals surface area contributed by atoms with Gasteiger partial charge in [-0.25, -0.2) is 9.37 Å². The standard InChI is InChI=1S/C22H23FN4O/c1-25-12-13-26(14-19(25)16-6-2-3-7-17(16)23)22(28)20-18-8-4-5-11-27(18)21(24-20)15-9-10-15/h2-8,11,15,19H,9-10,12-14H2,1H3. The van der Waals surface area contributed by atoms with Crippen LogP contribution in [0.5, 0.6) is 0 Å². The lowest BCUT2D eigenvalue weighted by molar-refractivity contribution is 0.0537. The number of carbonyl (C=O) groups excluding carboxylic acids is 1. The highest BCUT2D eigenvalue weighted by molar-refractivity contribution is 5.99. The van der Waals surface area contributed by atoms with Crippen molar-refractivity contribution in [3.05, 3.63) is 71.6 Å². The minimum Gasteiger partial charge on any atom is -0.334 e. The van der Waals surface area contributed by atoms with Gasteiger partial charge in [0, 0.05) is 37.3 Å². The number of hydrogen-bond donors (Lipinski definition) is 0. The molecule has 1 aromatic carbocycles. The molecule has 28 heavy (non-hydrogen) atoms. The van der Waals surface area contributed by atoms with Crippen molar-refractivity contribution in [2.24, 2.45) is 0 Å². The maximum absolute atomic E-state index is 14.4. The van der Waals surface area contributed by atoms with E-state index in [2.05, 4.69) is 9.30 Å². The monoisotopic (exact) mass is 378 g/mol. The second-order valence-corrected chi connectivity index (χ2v) is 7.82. The zero-order chi connectivity index (χ0) is 19.3. The van der Waals surface area contributed by atoms with Gasteiger partial charge in [-0.1, -0.05) is 24.3 Å². The van der Waals surface area contributed by atoms with Crippen molar-refractivity contribution in [2.75, 3.05) is 26.7 Å². The van der Waals surface area contributed by atoms with Gasteiger partial charge in [0.25, 0.3) is 5.91 Å². The van der Waals surface area contributed by atoms with E-state index in [1.54, 1.807) is 6.07 Å². The van der Waals surface area contributed by atoms with E-state index in [-0.39, 0.29) is 17.8 Å². The number of likely N-dealkylation sites (N-methyl/N-ethyl adjacent to an activating group) is 1. The number of benzene rings is 1. The van der Waals surface area contributed by atoms with Crippen LogP contribution in [0.1, 0.15) is 46.7 Å². The molecule has 0 spiro atoms. The third-order valence-corrected chi connectivity index (χ3v) is 5.92. The first-order chi connectivity index (χ1) is 13.6. The summed E-state index contributed by atoms with van der Waals surface area (Å²) >= 11 is 0. The second kappa shape index (κ2) is 6.71. The third-order valence-electron chi connectivity index (χ3n) is 5.92. The molecule has 3 aromatic rings. The van der Waals surface area contributed by atoms with E-state index in [9.17, 15) is 9.18 Å². The van der Waals surface area contributed by atoms with Gasteiger partial charge in [-0.15, -0.1) is 0 Å². The number of piperazine rings is 1. The predicted octanol–water partition coefficient (Wildman–Crippen LogP) is 3.48. The zero-order valence-corrected chi connectivity index (χ0v) is 15.9. The third kappa shape index (κ3) is 2.88. The van der Waals surface area contributed by atoms with Crippen molar-refractivity contribution >= 4 is 11.4 Å². The summed E-state index contributed by atoms with van der Waals surface area (Å²) in [7, 11) is 1.98. The number of fused-ring (bicyclic) bond motifs is 1. The summed E-state index contributed by atoms with van der Waals surface area (Å²) in [5.74, 6) is 1.15. The lowest BCUT2D eigenvalue weighted by Crippen LogP contribution is -2.49. The lowest BCUT2D eigenvalue weighted by atomic mass is 10.0. The largest absolute Gasteiger partial charge is 0.334 e. The van der Waals surface area contributed by atoms with Crippen LogP contribution < -0.4 is 0 Å². The Morgan fingerprint density at radius 3 is 2.68 bits per heavy atom. The Bertz CT molecular complexity index is 1040. The number of imidazole rings is 1. The van der Waals surface area contributed by atoms with E-state index >= 15 is 0 Å². The van der Waals surface area contributed by atoms with Crippen LogP contribution in [0, 0.1) is 5.82 Å². The van der Waals surface area contributed by atoms with Gasteiger partial charge in [-0.3, -0.25) is 9.69 Å². The Morgan fingerprint density at radius 1 is 1.11 bits per heavy atom. The number of nitrogens with zero attached hydrogens (tertiary/aromatic N) is 4. The number of pyridine rings is 1. The van der Waals surface area contributed by atoms with Gasteiger partial charge in [0.15, 0.2) is 5.69 Å². The molecule has 1 unspecified atom stereocenters. The molecule has 0 N–H and O–H groups in total. The predicted molar refractivity (Wildman–Crippen MR) is 105 cm³/mol. The Labute approximate surface area is 163 Å². The fourth-order valence-electron chi connectivity index (χ4n) is 4.14. The minimum absolute atomic E-state index is 0.0648. The van der Waals surface area contributed by atoms with Crippen LogP contribution in [-0.4, -0.2) is 51.8 Å². The molecular weight excluding hydrogens is 355 g/mol. The van der Waals surface area contributed by atoms with E-state index in [1.165, 1.54) is 6.07 Å². The van der Waals surface area contributed by atoms with Crippen LogP contribution >= 0.6 is 0 Å². The van der Waals surface area contributed by atoms with Crippen molar-refractivity contribution in [1.82, 2.24) is 19.2 Å². The molecule has 2 aliphatic rings. The van der Waals surface area contributed by atoms with E-state index in [4.69, 9.17) is 4.98 Å². The van der Waals surface area contributed by atoms with Crippen LogP contribution in [0.25, 0.3) is 5.52 Å². The molecule has 6 heteroatoms. The Kier molecular flexibility index (Phi) is 4.16. The summed E-state index contributed by atoms with van der Waals surface area (Å²) in [5, 5.41) is 0. The number of amides is 1. The van der Waals surface area contributed by atoms with Gasteiger partial charge in [0.1, 0.15) is 11.6 Å². The quantitative estimate of drug-likeness (QED) is 0.701. The summed E-state index contributed by atoms with van der Waals surface area (Å²) in [6.07, 6.45) is 4.25. The highest BCUT2D eigenvalue weighted by Crippen LogP contribution is 2.40. The van der Waals surface area contributed by atoms with E-state index in [0.29, 0.717) is 36.8 Å². The first-order valence-corrected chi connectivity index (χ1v) is 9.84. The smallest absolute Gasteiger partial charge is 0.274 e. The Hall–Kier alpha value is -2.73. The van der Waals surface area contributed by atoms with E-state index in [1.807, 2.05) is 48.5 Å². The van der Waals surface area contributed by atoms with Gasteiger partial charge in [0.2, 0.25) is 0 Å². The topological polar surface area (TPSA) is 40.8 Å². The normalized spacial score (nSPS) is 20.6. The van der Waals surface area contributed by atoms with Crippen molar-refractivity contribution < 1.29 is 9.18 Å². The summed E-state index contributed by atoms with van der Waals surface area (Å²) in [6.45, 7) is 1.78. The lowest BCUT2D eigenvalue weighted by Gasteiger charge is -2.39. The number of hydrogen-bond acceptors (Lipinski definition) is 3. The summed E-state index contributed by atoms with van der Waals surface area (Å²) in [6, 6.07) is 12.5. The summed E-state index contributed by atoms with van der Waals surface area (Å²) in [4.78, 5) is 22.1. The molecule has 0 bridgehead atoms. The second-order valence-electron chi connectivity index (χ2n) is 7.82. The number of carbonyl (C=O) groups is 1. The highest BCUT2D eigenvalue weighted by Gasteiger charge is 2.34. The van der Waals surface area contributed by atoms with Gasteiger partial charge in [-0.2, -0.15) is 0 Å². The Balaban J connectivity index is 1.47.